The zero-order valence-electron chi connectivity index (χ0n) is 30.2. The zero-order chi connectivity index (χ0) is 39.7. The minimum Gasteiger partial charge on any atom is -0.491 e. The fourth-order valence-corrected chi connectivity index (χ4v) is 6.82. The van der Waals surface area contributed by atoms with Gasteiger partial charge < -0.3 is 33.9 Å². The van der Waals surface area contributed by atoms with E-state index in [-0.39, 0.29) is 72.1 Å². The lowest BCUT2D eigenvalue weighted by molar-refractivity contribution is 0.0694. The summed E-state index contributed by atoms with van der Waals surface area (Å²) in [5.41, 5.74) is 2.06. The summed E-state index contributed by atoms with van der Waals surface area (Å²) in [5, 5.41) is 17.5. The van der Waals surface area contributed by atoms with Crippen molar-refractivity contribution in [3.63, 3.8) is 0 Å². The number of carbonyl (C=O) groups excluding carboxylic acids is 2. The van der Waals surface area contributed by atoms with Crippen molar-refractivity contribution in [2.75, 3.05) is 46.5 Å². The largest absolute Gasteiger partial charge is 0.491 e. The van der Waals surface area contributed by atoms with Gasteiger partial charge in [0.1, 0.15) is 59.7 Å². The van der Waals surface area contributed by atoms with Crippen LogP contribution in [0.2, 0.25) is 10.0 Å². The Morgan fingerprint density at radius 3 is 1.73 bits per heavy atom. The molecule has 8 rings (SSSR count). The maximum Gasteiger partial charge on any atom is 0.259 e. The number of hydrogen-bond donors (Lipinski definition) is 1. The molecule has 4 bridgehead atoms. The van der Waals surface area contributed by atoms with Crippen LogP contribution >= 0.6 is 23.2 Å². The van der Waals surface area contributed by atoms with Crippen LogP contribution in [0.3, 0.4) is 0 Å². The van der Waals surface area contributed by atoms with Crippen molar-refractivity contribution in [1.29, 1.82) is 0 Å². The number of rotatable bonds is 2. The molecule has 2 aromatic carbocycles. The highest BCUT2D eigenvalue weighted by molar-refractivity contribution is 6.32. The monoisotopic (exact) mass is 810 g/mol. The third kappa shape index (κ3) is 7.56. The Kier molecular flexibility index (Phi) is 11.1. The molecule has 6 aromatic rings. The summed E-state index contributed by atoms with van der Waals surface area (Å²) in [6.07, 6.45) is 4.85. The Bertz CT molecular complexity index is 2450. The normalized spacial score (nSPS) is 17.4. The molecule has 15 nitrogen and oxygen atoms in total. The highest BCUT2D eigenvalue weighted by atomic mass is 35.5. The second-order valence-electron chi connectivity index (χ2n) is 12.7. The molecule has 19 heteroatoms. The molecule has 6 heterocycles. The molecule has 0 saturated heterocycles. The van der Waals surface area contributed by atoms with Crippen LogP contribution in [0.15, 0.2) is 61.2 Å². The summed E-state index contributed by atoms with van der Waals surface area (Å²) < 4.78 is 54.4. The molecule has 2 aliphatic rings. The van der Waals surface area contributed by atoms with Gasteiger partial charge in [-0.3, -0.25) is 9.59 Å². The number of carbonyl (C=O) groups is 2. The van der Waals surface area contributed by atoms with E-state index in [0.717, 1.165) is 0 Å². The van der Waals surface area contributed by atoms with E-state index in [2.05, 4.69) is 20.2 Å². The number of aromatic nitrogens is 6. The van der Waals surface area contributed by atoms with Gasteiger partial charge in [0.05, 0.1) is 53.3 Å². The van der Waals surface area contributed by atoms with Gasteiger partial charge in [0.15, 0.2) is 11.3 Å². The van der Waals surface area contributed by atoms with Crippen LogP contribution in [0.1, 0.15) is 57.9 Å². The molecule has 4 aromatic heterocycles. The minimum atomic E-state index is -0.667. The molecular weight excluding hydrogens is 777 g/mol. The van der Waals surface area contributed by atoms with Gasteiger partial charge in [-0.05, 0) is 38.1 Å². The molecule has 2 amide bonds. The summed E-state index contributed by atoms with van der Waals surface area (Å²) in [5.74, 6) is -0.493. The average Bonchev–Trinajstić information content (AvgIpc) is 3.80. The van der Waals surface area contributed by atoms with Gasteiger partial charge in [-0.15, -0.1) is 0 Å². The molecule has 0 aliphatic carbocycles. The van der Waals surface area contributed by atoms with Crippen molar-refractivity contribution < 1.29 is 42.4 Å². The Hall–Kier alpha value is -5.78. The Morgan fingerprint density at radius 2 is 1.23 bits per heavy atom. The highest BCUT2D eigenvalue weighted by Crippen LogP contribution is 2.38. The van der Waals surface area contributed by atoms with Gasteiger partial charge in [0.2, 0.25) is 11.8 Å². The number of aliphatic hydroxyl groups excluding tert-OH is 1. The molecule has 0 spiro atoms. The first-order valence-electron chi connectivity index (χ1n) is 17.3. The predicted octanol–water partition coefficient (Wildman–Crippen LogP) is 5.61. The van der Waals surface area contributed by atoms with Crippen molar-refractivity contribution in [3.8, 4) is 23.3 Å². The van der Waals surface area contributed by atoms with Gasteiger partial charge in [-0.2, -0.15) is 20.2 Å². The van der Waals surface area contributed by atoms with Crippen molar-refractivity contribution >= 4 is 46.3 Å². The molecule has 0 fully saturated rings. The van der Waals surface area contributed by atoms with Crippen LogP contribution in [0.4, 0.5) is 8.78 Å². The first-order chi connectivity index (χ1) is 26.9. The van der Waals surface area contributed by atoms with Gasteiger partial charge in [-0.25, -0.2) is 17.8 Å². The number of likely N-dealkylation sites (N-methyl/N-ethyl adjacent to an activating group) is 1. The Labute approximate surface area is 327 Å². The first kappa shape index (κ1) is 38.5. The van der Waals surface area contributed by atoms with Gasteiger partial charge >= 0.3 is 0 Å². The van der Waals surface area contributed by atoms with Crippen LogP contribution in [0.25, 0.3) is 11.3 Å². The molecular formula is C37H34Cl2F2N8O7. The maximum absolute atomic E-state index is 14.1. The fourth-order valence-electron chi connectivity index (χ4n) is 6.20. The summed E-state index contributed by atoms with van der Waals surface area (Å²) in [6, 6.07) is 8.63. The first-order valence-corrected chi connectivity index (χ1v) is 18.1. The number of amides is 2. The number of halogens is 4. The lowest BCUT2D eigenvalue weighted by Gasteiger charge is -2.22. The molecule has 292 valence electrons. The quantitative estimate of drug-likeness (QED) is 0.232. The standard InChI is InChI=1S/C19H18ClFN4O4.C18H16ClFN4O3/c1-11-16-14(3-2-13(21)17(16)20)28-9-7-24(6-8-26)19(27)12-10-22-25-5-4-15(29-11)23-18(12)25;1-10-15-13(4-3-12(20)16(15)19)26-8-7-23(2)18(25)11-9-21-24-6-5-14(27-10)22-17(11)24/h2-5,10-11,26H,6-9H2,1H3;3-6,9-10H,7-8H2,1-2H3/t11-;/m1./s1. The topological polar surface area (TPSA) is 158 Å². The van der Waals surface area contributed by atoms with Crippen molar-refractivity contribution in [3.05, 3.63) is 105 Å². The molecule has 1 unspecified atom stereocenters. The average molecular weight is 812 g/mol. The smallest absolute Gasteiger partial charge is 0.259 e. The summed E-state index contributed by atoms with van der Waals surface area (Å²) in [6.45, 7) is 4.18. The van der Waals surface area contributed by atoms with Crippen LogP contribution in [-0.2, 0) is 0 Å². The number of β-amino-alcohol motifs (C(OH)–C–C–N with tert-alkyl or cyclic N) is 1. The van der Waals surface area contributed by atoms with E-state index in [1.54, 1.807) is 45.4 Å². The Morgan fingerprint density at radius 1 is 0.750 bits per heavy atom. The highest BCUT2D eigenvalue weighted by Gasteiger charge is 2.27. The molecule has 2 aliphatic heterocycles. The van der Waals surface area contributed by atoms with Crippen LogP contribution in [0, 0.1) is 11.6 Å². The van der Waals surface area contributed by atoms with E-state index in [1.807, 2.05) is 0 Å². The maximum atomic E-state index is 14.1. The van der Waals surface area contributed by atoms with Crippen molar-refractivity contribution in [1.82, 2.24) is 39.0 Å². The SMILES string of the molecule is CC1Oc2ccn3ncc(c3n2)C(=O)N(C)CCOc2ccc(F)c(Cl)c21.C[C@H]1Oc2ccn3ncc(c3n2)C(=O)N(CCO)CCOc2ccc(F)c(Cl)c21. The molecule has 56 heavy (non-hydrogen) atoms. The van der Waals surface area contributed by atoms with Crippen LogP contribution < -0.4 is 18.9 Å². The second kappa shape index (κ2) is 16.1. The number of fused-ring (bicyclic) bond motifs is 4. The number of ether oxygens (including phenoxy) is 4. The number of benzene rings is 2. The summed E-state index contributed by atoms with van der Waals surface area (Å²) in [7, 11) is 1.66. The van der Waals surface area contributed by atoms with Gasteiger partial charge in [0.25, 0.3) is 11.8 Å². The van der Waals surface area contributed by atoms with Gasteiger partial charge in [-0.1, -0.05) is 23.2 Å². The van der Waals surface area contributed by atoms with E-state index in [9.17, 15) is 23.5 Å². The third-order valence-electron chi connectivity index (χ3n) is 9.05. The number of nitrogens with zero attached hydrogens (tertiary/aromatic N) is 8. The zero-order valence-corrected chi connectivity index (χ0v) is 31.7. The van der Waals surface area contributed by atoms with Crippen LogP contribution in [-0.4, -0.2) is 102 Å². The number of hydrogen-bond acceptors (Lipinski definition) is 11. The van der Waals surface area contributed by atoms with Crippen LogP contribution in [0.5, 0.6) is 23.3 Å². The van der Waals surface area contributed by atoms with E-state index < -0.39 is 23.8 Å². The van der Waals surface area contributed by atoms with Crippen molar-refractivity contribution in [2.45, 2.75) is 26.1 Å². The second-order valence-corrected chi connectivity index (χ2v) is 13.4. The molecule has 1 N–H and O–H groups in total. The fraction of sp³-hybridized carbons (Fsp3) is 0.297. The Balaban J connectivity index is 0.000000172. The lowest BCUT2D eigenvalue weighted by atomic mass is 10.1. The molecule has 2 atom stereocenters. The summed E-state index contributed by atoms with van der Waals surface area (Å²) in [4.78, 5) is 37.4. The summed E-state index contributed by atoms with van der Waals surface area (Å²) >= 11 is 12.4. The van der Waals surface area contributed by atoms with E-state index >= 15 is 0 Å². The molecule has 0 radical (unpaired) electrons. The van der Waals surface area contributed by atoms with Gasteiger partial charge in [0, 0.05) is 38.1 Å². The third-order valence-corrected chi connectivity index (χ3v) is 9.82. The lowest BCUT2D eigenvalue weighted by Crippen LogP contribution is -2.36. The van der Waals surface area contributed by atoms with E-state index in [1.165, 1.54) is 55.5 Å². The minimum absolute atomic E-state index is 0.0644. The van der Waals surface area contributed by atoms with E-state index in [0.29, 0.717) is 46.0 Å². The van der Waals surface area contributed by atoms with Crippen molar-refractivity contribution in [2.24, 2.45) is 0 Å². The number of aliphatic hydroxyl groups is 1. The molecule has 0 saturated carbocycles. The van der Waals surface area contributed by atoms with E-state index in [4.69, 9.17) is 42.1 Å². The predicted molar refractivity (Wildman–Crippen MR) is 198 cm³/mol.